The van der Waals surface area contributed by atoms with Crippen LogP contribution in [-0.4, -0.2) is 20.0 Å². The van der Waals surface area contributed by atoms with Gasteiger partial charge in [-0.05, 0) is 44.7 Å². The van der Waals surface area contributed by atoms with E-state index in [1.54, 1.807) is 11.3 Å². The molecule has 1 aromatic carbocycles. The molecule has 0 bridgehead atoms. The molecule has 0 amide bonds. The Bertz CT molecular complexity index is 806. The summed E-state index contributed by atoms with van der Waals surface area (Å²) in [4.78, 5) is 5.86. The van der Waals surface area contributed by atoms with Gasteiger partial charge in [-0.15, -0.1) is 16.4 Å². The van der Waals surface area contributed by atoms with Crippen LogP contribution in [0.15, 0.2) is 42.7 Å². The van der Waals surface area contributed by atoms with E-state index in [2.05, 4.69) is 34.5 Å². The quantitative estimate of drug-likeness (QED) is 0.741. The van der Waals surface area contributed by atoms with Crippen LogP contribution in [0.1, 0.15) is 47.4 Å². The highest BCUT2D eigenvalue weighted by Crippen LogP contribution is 2.43. The van der Waals surface area contributed by atoms with E-state index in [0.717, 1.165) is 11.4 Å². The minimum absolute atomic E-state index is 0.136. The predicted molar refractivity (Wildman–Crippen MR) is 95.2 cm³/mol. The minimum Gasteiger partial charge on any atom is -0.299 e. The number of benzene rings is 1. The molecule has 6 heteroatoms. The summed E-state index contributed by atoms with van der Waals surface area (Å²) in [6.07, 6.45) is 6.52. The maximum Gasteiger partial charge on any atom is 0.110 e. The van der Waals surface area contributed by atoms with Crippen LogP contribution in [-0.2, 0) is 0 Å². The summed E-state index contributed by atoms with van der Waals surface area (Å²) in [6.45, 7) is 4.26. The van der Waals surface area contributed by atoms with Crippen LogP contribution in [0.25, 0.3) is 5.69 Å². The van der Waals surface area contributed by atoms with Crippen LogP contribution < -0.4 is 5.32 Å². The van der Waals surface area contributed by atoms with Gasteiger partial charge in [0, 0.05) is 11.1 Å². The topological polar surface area (TPSA) is 55.6 Å². The van der Waals surface area contributed by atoms with E-state index < -0.39 is 0 Å². The van der Waals surface area contributed by atoms with Gasteiger partial charge >= 0.3 is 0 Å². The lowest BCUT2D eigenvalue weighted by molar-refractivity contribution is 0.420. The number of hydrogen-bond donors (Lipinski definition) is 1. The minimum atomic E-state index is 0.136. The zero-order chi connectivity index (χ0) is 16.5. The molecule has 1 fully saturated rings. The summed E-state index contributed by atoms with van der Waals surface area (Å²) in [5, 5.41) is 13.5. The smallest absolute Gasteiger partial charge is 0.110 e. The van der Waals surface area contributed by atoms with E-state index in [1.807, 2.05) is 47.4 Å². The van der Waals surface area contributed by atoms with Crippen molar-refractivity contribution in [3.05, 3.63) is 58.3 Å². The van der Waals surface area contributed by atoms with Crippen LogP contribution in [0, 0.1) is 12.8 Å². The van der Waals surface area contributed by atoms with Crippen molar-refractivity contribution in [1.29, 1.82) is 0 Å². The van der Waals surface area contributed by atoms with Crippen LogP contribution in [0.2, 0.25) is 0 Å². The molecular weight excluding hydrogens is 318 g/mol. The van der Waals surface area contributed by atoms with Gasteiger partial charge < -0.3 is 0 Å². The largest absolute Gasteiger partial charge is 0.299 e. The van der Waals surface area contributed by atoms with Crippen molar-refractivity contribution in [2.45, 2.75) is 38.8 Å². The normalized spacial score (nSPS) is 16.9. The van der Waals surface area contributed by atoms with Crippen LogP contribution in [0.5, 0.6) is 0 Å². The molecule has 1 aliphatic carbocycles. The lowest BCUT2D eigenvalue weighted by Crippen LogP contribution is -2.26. The summed E-state index contributed by atoms with van der Waals surface area (Å²) >= 11 is 1.79. The molecule has 5 nitrogen and oxygen atoms in total. The van der Waals surface area contributed by atoms with Gasteiger partial charge in [-0.2, -0.15) is 0 Å². The van der Waals surface area contributed by atoms with Gasteiger partial charge in [0.1, 0.15) is 5.01 Å². The first-order valence-electron chi connectivity index (χ1n) is 8.37. The third-order valence-corrected chi connectivity index (χ3v) is 5.40. The Morgan fingerprint density at radius 1 is 1.25 bits per heavy atom. The average Bonchev–Trinajstić information content (AvgIpc) is 3.15. The summed E-state index contributed by atoms with van der Waals surface area (Å²) in [7, 11) is 0. The lowest BCUT2D eigenvalue weighted by atomic mass is 10.1. The first-order chi connectivity index (χ1) is 11.7. The Labute approximate surface area is 145 Å². The van der Waals surface area contributed by atoms with Gasteiger partial charge in [0.15, 0.2) is 0 Å². The van der Waals surface area contributed by atoms with Crippen molar-refractivity contribution in [3.63, 3.8) is 0 Å². The Morgan fingerprint density at radius 2 is 2.04 bits per heavy atom. The third-order valence-electron chi connectivity index (χ3n) is 4.40. The van der Waals surface area contributed by atoms with Crippen molar-refractivity contribution >= 4 is 11.3 Å². The summed E-state index contributed by atoms with van der Waals surface area (Å²) in [5.41, 5.74) is 1.98. The molecule has 1 saturated carbocycles. The molecular formula is C18H21N5S. The predicted octanol–water partition coefficient (Wildman–Crippen LogP) is 3.83. The van der Waals surface area contributed by atoms with Crippen molar-refractivity contribution in [3.8, 4) is 5.69 Å². The first-order valence-corrected chi connectivity index (χ1v) is 9.18. The fourth-order valence-electron chi connectivity index (χ4n) is 2.89. The van der Waals surface area contributed by atoms with Crippen LogP contribution in [0.3, 0.4) is 0 Å². The molecule has 0 aliphatic heterocycles. The number of para-hydroxylation sites is 1. The molecule has 0 saturated heterocycles. The van der Waals surface area contributed by atoms with E-state index in [9.17, 15) is 0 Å². The number of nitrogens with one attached hydrogen (secondary N) is 1. The summed E-state index contributed by atoms with van der Waals surface area (Å²) in [5.74, 6) is 0.696. The van der Waals surface area contributed by atoms with Crippen LogP contribution in [0.4, 0.5) is 0 Å². The van der Waals surface area contributed by atoms with E-state index in [1.165, 1.54) is 22.7 Å². The van der Waals surface area contributed by atoms with E-state index >= 15 is 0 Å². The van der Waals surface area contributed by atoms with Crippen molar-refractivity contribution in [1.82, 2.24) is 25.3 Å². The summed E-state index contributed by atoms with van der Waals surface area (Å²) < 4.78 is 1.83. The van der Waals surface area contributed by atoms with Crippen molar-refractivity contribution < 1.29 is 0 Å². The Morgan fingerprint density at radius 3 is 2.71 bits per heavy atom. The fourth-order valence-corrected chi connectivity index (χ4v) is 3.82. The SMILES string of the molecule is Cc1cnc([C@@H](N[C@H](C)c2cn(-c3ccccc3)nn2)C2CC2)s1. The van der Waals surface area contributed by atoms with Crippen LogP contribution >= 0.6 is 11.3 Å². The Kier molecular flexibility index (Phi) is 4.16. The molecule has 24 heavy (non-hydrogen) atoms. The van der Waals surface area contributed by atoms with Crippen molar-refractivity contribution in [2.24, 2.45) is 5.92 Å². The molecule has 124 valence electrons. The van der Waals surface area contributed by atoms with Gasteiger partial charge in [-0.25, -0.2) is 9.67 Å². The summed E-state index contributed by atoms with van der Waals surface area (Å²) in [6, 6.07) is 10.5. The monoisotopic (exact) mass is 339 g/mol. The lowest BCUT2D eigenvalue weighted by Gasteiger charge is -2.20. The fraction of sp³-hybridized carbons (Fsp3) is 0.389. The molecule has 2 aromatic heterocycles. The van der Waals surface area contributed by atoms with Gasteiger partial charge in [-0.1, -0.05) is 23.4 Å². The van der Waals surface area contributed by atoms with E-state index in [0.29, 0.717) is 12.0 Å². The molecule has 1 aliphatic rings. The van der Waals surface area contributed by atoms with Gasteiger partial charge in [0.2, 0.25) is 0 Å². The standard InChI is InChI=1S/C18H21N5S/c1-12-10-19-18(24-12)17(14-8-9-14)20-13(2)16-11-23(22-21-16)15-6-4-3-5-7-15/h3-7,10-11,13-14,17,20H,8-9H2,1-2H3/t13-,17+/m1/s1. The number of nitrogens with zero attached hydrogens (tertiary/aromatic N) is 4. The highest BCUT2D eigenvalue weighted by molar-refractivity contribution is 7.11. The van der Waals surface area contributed by atoms with Crippen molar-refractivity contribution in [2.75, 3.05) is 0 Å². The highest BCUT2D eigenvalue weighted by atomic mass is 32.1. The Hall–Kier alpha value is -2.05. The maximum absolute atomic E-state index is 4.59. The second kappa shape index (κ2) is 6.45. The zero-order valence-corrected chi connectivity index (χ0v) is 14.7. The first kappa shape index (κ1) is 15.5. The number of hydrogen-bond acceptors (Lipinski definition) is 5. The maximum atomic E-state index is 4.59. The molecule has 0 unspecified atom stereocenters. The molecule has 1 N–H and O–H groups in total. The molecule has 0 radical (unpaired) electrons. The molecule has 4 rings (SSSR count). The number of aryl methyl sites for hydroxylation is 1. The second-order valence-corrected chi connectivity index (χ2v) is 7.70. The van der Waals surface area contributed by atoms with Gasteiger partial charge in [0.05, 0.1) is 29.7 Å². The third kappa shape index (κ3) is 3.25. The number of rotatable bonds is 6. The Balaban J connectivity index is 1.51. The molecule has 0 spiro atoms. The molecule has 2 heterocycles. The highest BCUT2D eigenvalue weighted by Gasteiger charge is 2.35. The molecule has 2 atom stereocenters. The second-order valence-electron chi connectivity index (χ2n) is 6.44. The number of thiazole rings is 1. The average molecular weight is 339 g/mol. The van der Waals surface area contributed by atoms with E-state index in [4.69, 9.17) is 0 Å². The van der Waals surface area contributed by atoms with E-state index in [-0.39, 0.29) is 6.04 Å². The zero-order valence-electron chi connectivity index (χ0n) is 13.9. The van der Waals surface area contributed by atoms with Gasteiger partial charge in [0.25, 0.3) is 0 Å². The molecule has 3 aromatic rings. The van der Waals surface area contributed by atoms with Gasteiger partial charge in [-0.3, -0.25) is 5.32 Å². The number of aromatic nitrogens is 4.